The second-order valence-electron chi connectivity index (χ2n) is 6.35. The molecule has 1 fully saturated rings. The number of likely N-dealkylation sites (tertiary alicyclic amines) is 1. The second kappa shape index (κ2) is 11.8. The van der Waals surface area contributed by atoms with Crippen LogP contribution in [0.25, 0.3) is 0 Å². The van der Waals surface area contributed by atoms with Crippen LogP contribution in [0.15, 0.2) is 29.3 Å². The molecule has 25 heavy (non-hydrogen) atoms. The highest BCUT2D eigenvalue weighted by Crippen LogP contribution is 2.15. The third-order valence-electron chi connectivity index (χ3n) is 4.30. The summed E-state index contributed by atoms with van der Waals surface area (Å²) >= 11 is 5.86. The van der Waals surface area contributed by atoms with Crippen LogP contribution in [0.2, 0.25) is 5.02 Å². The fourth-order valence-electron chi connectivity index (χ4n) is 2.82. The summed E-state index contributed by atoms with van der Waals surface area (Å²) in [6.07, 6.45) is 2.31. The van der Waals surface area contributed by atoms with Gasteiger partial charge in [-0.05, 0) is 51.0 Å². The van der Waals surface area contributed by atoms with E-state index in [9.17, 15) is 0 Å². The van der Waals surface area contributed by atoms with Crippen LogP contribution in [-0.4, -0.2) is 56.2 Å². The summed E-state index contributed by atoms with van der Waals surface area (Å²) in [4.78, 5) is 6.82. The van der Waals surface area contributed by atoms with Gasteiger partial charge in [0.05, 0.1) is 6.54 Å². The fraction of sp³-hybridized carbons (Fsp3) is 0.611. The Morgan fingerprint density at radius 2 is 1.92 bits per heavy atom. The summed E-state index contributed by atoms with van der Waals surface area (Å²) < 4.78 is 5.68. The summed E-state index contributed by atoms with van der Waals surface area (Å²) in [6.45, 7) is 8.09. The average molecular weight is 481 g/mol. The first kappa shape index (κ1) is 22.3. The van der Waals surface area contributed by atoms with Gasteiger partial charge in [0, 0.05) is 37.2 Å². The number of hydrogen-bond acceptors (Lipinski definition) is 3. The summed E-state index contributed by atoms with van der Waals surface area (Å²) in [5.74, 6) is 1.67. The number of halogens is 2. The Hall–Kier alpha value is -0.730. The van der Waals surface area contributed by atoms with E-state index in [1.54, 1.807) is 7.05 Å². The molecule has 142 valence electrons. The highest BCUT2D eigenvalue weighted by molar-refractivity contribution is 14.0. The summed E-state index contributed by atoms with van der Waals surface area (Å²) in [7, 11) is 1.80. The van der Waals surface area contributed by atoms with E-state index in [1.807, 2.05) is 24.3 Å². The molecule has 0 bridgehead atoms. The predicted octanol–water partition coefficient (Wildman–Crippen LogP) is 3.37. The van der Waals surface area contributed by atoms with Gasteiger partial charge in [-0.3, -0.25) is 4.99 Å². The predicted molar refractivity (Wildman–Crippen MR) is 117 cm³/mol. The molecule has 2 N–H and O–H groups in total. The van der Waals surface area contributed by atoms with Crippen molar-refractivity contribution in [3.05, 3.63) is 29.3 Å². The molecular weight excluding hydrogens is 451 g/mol. The minimum atomic E-state index is 0. The molecule has 0 radical (unpaired) electrons. The van der Waals surface area contributed by atoms with Crippen molar-refractivity contribution < 1.29 is 4.74 Å². The number of benzene rings is 1. The Bertz CT molecular complexity index is 516. The molecule has 1 heterocycles. The van der Waals surface area contributed by atoms with Crippen molar-refractivity contribution >= 4 is 41.5 Å². The molecule has 1 aliphatic heterocycles. The molecule has 1 aromatic rings. The molecule has 1 aromatic carbocycles. The summed E-state index contributed by atoms with van der Waals surface area (Å²) in [6, 6.07) is 8.52. The first-order valence-electron chi connectivity index (χ1n) is 8.68. The van der Waals surface area contributed by atoms with Crippen molar-refractivity contribution in [3.63, 3.8) is 0 Å². The van der Waals surface area contributed by atoms with Gasteiger partial charge in [0.25, 0.3) is 0 Å². The van der Waals surface area contributed by atoms with Crippen molar-refractivity contribution in [2.75, 3.05) is 33.3 Å². The summed E-state index contributed by atoms with van der Waals surface area (Å²) in [5.41, 5.74) is 0. The van der Waals surface area contributed by atoms with Crippen LogP contribution in [0.3, 0.4) is 0 Å². The van der Waals surface area contributed by atoms with Crippen LogP contribution in [-0.2, 0) is 0 Å². The van der Waals surface area contributed by atoms with Crippen LogP contribution in [0.4, 0.5) is 0 Å². The lowest BCUT2D eigenvalue weighted by Crippen LogP contribution is -2.50. The molecule has 1 aliphatic rings. The topological polar surface area (TPSA) is 48.9 Å². The number of nitrogens with one attached hydrogen (secondary N) is 2. The van der Waals surface area contributed by atoms with E-state index in [-0.39, 0.29) is 24.0 Å². The third kappa shape index (κ3) is 8.00. The highest BCUT2D eigenvalue weighted by atomic mass is 127. The molecule has 0 aliphatic carbocycles. The highest BCUT2D eigenvalue weighted by Gasteiger charge is 2.21. The molecule has 0 spiro atoms. The largest absolute Gasteiger partial charge is 0.492 e. The first-order chi connectivity index (χ1) is 11.6. The van der Waals surface area contributed by atoms with Gasteiger partial charge in [0.1, 0.15) is 12.4 Å². The van der Waals surface area contributed by atoms with Crippen LogP contribution in [0.5, 0.6) is 5.75 Å². The van der Waals surface area contributed by atoms with Crippen molar-refractivity contribution in [3.8, 4) is 5.75 Å². The number of piperidine rings is 1. The fourth-order valence-corrected chi connectivity index (χ4v) is 2.94. The van der Waals surface area contributed by atoms with Gasteiger partial charge in [0.15, 0.2) is 5.96 Å². The molecule has 2 rings (SSSR count). The number of guanidine groups is 1. The quantitative estimate of drug-likeness (QED) is 0.284. The lowest BCUT2D eigenvalue weighted by atomic mass is 10.0. The first-order valence-corrected chi connectivity index (χ1v) is 9.06. The minimum Gasteiger partial charge on any atom is -0.492 e. The van der Waals surface area contributed by atoms with Gasteiger partial charge in [0.2, 0.25) is 0 Å². The lowest BCUT2D eigenvalue weighted by Gasteiger charge is -2.35. The van der Waals surface area contributed by atoms with E-state index < -0.39 is 0 Å². The summed E-state index contributed by atoms with van der Waals surface area (Å²) in [5, 5.41) is 7.53. The minimum absolute atomic E-state index is 0. The second-order valence-corrected chi connectivity index (χ2v) is 6.79. The maximum absolute atomic E-state index is 5.86. The number of ether oxygens (including phenoxy) is 1. The molecule has 5 nitrogen and oxygen atoms in total. The van der Waals surface area contributed by atoms with E-state index in [0.29, 0.717) is 30.3 Å². The molecular formula is C18H30ClIN4O. The van der Waals surface area contributed by atoms with Gasteiger partial charge in [-0.25, -0.2) is 0 Å². The van der Waals surface area contributed by atoms with Crippen molar-refractivity contribution in [2.45, 2.75) is 38.8 Å². The number of aliphatic imine (C=N–C) groups is 1. The monoisotopic (exact) mass is 480 g/mol. The third-order valence-corrected chi connectivity index (χ3v) is 4.55. The Labute approximate surface area is 173 Å². The van der Waals surface area contributed by atoms with E-state index in [1.165, 1.54) is 0 Å². The maximum atomic E-state index is 5.86. The molecule has 7 heteroatoms. The van der Waals surface area contributed by atoms with E-state index >= 15 is 0 Å². The molecule has 0 aromatic heterocycles. The van der Waals surface area contributed by atoms with Crippen LogP contribution < -0.4 is 15.4 Å². The van der Waals surface area contributed by atoms with Gasteiger partial charge in [-0.15, -0.1) is 24.0 Å². The van der Waals surface area contributed by atoms with Gasteiger partial charge >= 0.3 is 0 Å². The number of nitrogens with zero attached hydrogens (tertiary/aromatic N) is 2. The SMILES string of the molecule is CN=C(NCCOc1ccc(Cl)cc1)NC1CCN(C(C)C)CC1.I. The lowest BCUT2D eigenvalue weighted by molar-refractivity contribution is 0.167. The molecule has 0 amide bonds. The van der Waals surface area contributed by atoms with Gasteiger partial charge in [-0.1, -0.05) is 11.6 Å². The number of rotatable bonds is 6. The Morgan fingerprint density at radius 3 is 2.48 bits per heavy atom. The zero-order valence-corrected chi connectivity index (χ0v) is 18.4. The molecule has 0 unspecified atom stereocenters. The van der Waals surface area contributed by atoms with Crippen LogP contribution in [0.1, 0.15) is 26.7 Å². The molecule has 1 saturated heterocycles. The van der Waals surface area contributed by atoms with Crippen molar-refractivity contribution in [1.82, 2.24) is 15.5 Å². The van der Waals surface area contributed by atoms with E-state index in [4.69, 9.17) is 16.3 Å². The average Bonchev–Trinajstić information content (AvgIpc) is 2.59. The van der Waals surface area contributed by atoms with E-state index in [2.05, 4.69) is 34.4 Å². The Kier molecular flexibility index (Phi) is 10.5. The number of hydrogen-bond donors (Lipinski definition) is 2. The van der Waals surface area contributed by atoms with Crippen LogP contribution in [0, 0.1) is 0 Å². The molecule has 0 atom stereocenters. The Balaban J connectivity index is 0.00000312. The van der Waals surface area contributed by atoms with Crippen molar-refractivity contribution in [1.29, 1.82) is 0 Å². The standard InChI is InChI=1S/C18H29ClN4O.HI/c1-14(2)23-11-8-16(9-12-23)22-18(20-3)21-10-13-24-17-6-4-15(19)5-7-17;/h4-7,14,16H,8-13H2,1-3H3,(H2,20,21,22);1H. The maximum Gasteiger partial charge on any atom is 0.191 e. The molecule has 0 saturated carbocycles. The van der Waals surface area contributed by atoms with Crippen LogP contribution >= 0.6 is 35.6 Å². The zero-order chi connectivity index (χ0) is 17.4. The van der Waals surface area contributed by atoms with E-state index in [0.717, 1.165) is 37.6 Å². The smallest absolute Gasteiger partial charge is 0.191 e. The van der Waals surface area contributed by atoms with Crippen molar-refractivity contribution in [2.24, 2.45) is 4.99 Å². The zero-order valence-electron chi connectivity index (χ0n) is 15.3. The normalized spacial score (nSPS) is 16.4. The Morgan fingerprint density at radius 1 is 1.28 bits per heavy atom. The van der Waals surface area contributed by atoms with Gasteiger partial charge in [-0.2, -0.15) is 0 Å². The van der Waals surface area contributed by atoms with Gasteiger partial charge < -0.3 is 20.3 Å².